The van der Waals surface area contributed by atoms with Crippen LogP contribution < -0.4 is 0 Å². The van der Waals surface area contributed by atoms with Crippen molar-refractivity contribution in [2.75, 3.05) is 46.1 Å². The molecule has 1 saturated carbocycles. The number of hydrogen-bond acceptors (Lipinski definition) is 6. The number of ether oxygens (including phenoxy) is 2. The second kappa shape index (κ2) is 12.2. The molecule has 0 spiro atoms. The van der Waals surface area contributed by atoms with Crippen LogP contribution in [0.2, 0.25) is 0 Å². The van der Waals surface area contributed by atoms with E-state index in [-0.39, 0.29) is 0 Å². The molecule has 240 valence electrons. The molecule has 0 radical (unpaired) electrons. The molecule has 0 amide bonds. The van der Waals surface area contributed by atoms with Gasteiger partial charge in [0.1, 0.15) is 4.90 Å². The lowest BCUT2D eigenvalue weighted by Gasteiger charge is -2.41. The minimum absolute atomic E-state index is 0.294. The van der Waals surface area contributed by atoms with E-state index in [1.165, 1.54) is 23.6 Å². The van der Waals surface area contributed by atoms with Crippen molar-refractivity contribution in [3.8, 4) is 11.3 Å². The number of nitrogens with zero attached hydrogens (tertiary/aromatic N) is 3. The summed E-state index contributed by atoms with van der Waals surface area (Å²) in [4.78, 5) is 0.617. The highest BCUT2D eigenvalue weighted by Crippen LogP contribution is 2.39. The predicted octanol–water partition coefficient (Wildman–Crippen LogP) is 5.16. The van der Waals surface area contributed by atoms with E-state index >= 15 is 0 Å². The van der Waals surface area contributed by atoms with E-state index in [0.717, 1.165) is 36.3 Å². The van der Waals surface area contributed by atoms with E-state index in [9.17, 15) is 16.8 Å². The molecule has 1 aromatic carbocycles. The van der Waals surface area contributed by atoms with Gasteiger partial charge in [0, 0.05) is 37.6 Å². The van der Waals surface area contributed by atoms with Crippen LogP contribution in [-0.4, -0.2) is 81.6 Å². The summed E-state index contributed by atoms with van der Waals surface area (Å²) < 4.78 is 72.5. The Morgan fingerprint density at radius 2 is 1.51 bits per heavy atom. The Morgan fingerprint density at radius 3 is 2.14 bits per heavy atom. The first-order valence-electron chi connectivity index (χ1n) is 15.7. The zero-order valence-corrected chi connectivity index (χ0v) is 28.3. The summed E-state index contributed by atoms with van der Waals surface area (Å²) in [6.45, 7) is 15.0. The maximum Gasteiger partial charge on any atom is 0.245 e. The lowest BCUT2D eigenvalue weighted by Crippen LogP contribution is -2.55. The van der Waals surface area contributed by atoms with E-state index in [4.69, 9.17) is 9.47 Å². The van der Waals surface area contributed by atoms with Crippen molar-refractivity contribution in [2.24, 2.45) is 5.92 Å². The molecule has 1 aromatic heterocycles. The molecule has 9 nitrogen and oxygen atoms in total. The first-order valence-corrected chi connectivity index (χ1v) is 18.6. The highest BCUT2D eigenvalue weighted by Gasteiger charge is 2.42. The highest BCUT2D eigenvalue weighted by molar-refractivity contribution is 7.89. The normalized spacial score (nSPS) is 21.7. The first-order chi connectivity index (χ1) is 20.1. The Bertz CT molecular complexity index is 1530. The summed E-state index contributed by atoms with van der Waals surface area (Å²) in [5.41, 5.74) is 1.94. The standard InChI is InChI=1S/C32H49N3O6S2/c1-24-30(42(36,37)33-14-17-40-18-15-33)21-28(34(24)22-25-10-8-7-9-11-25)26-12-13-29(27(20-26)31(2,3)4)43(38,39)35-16-19-41-23-32(35,5)6/h12-13,20-21,25H,7-11,14-19,22-23H2,1-6H3. The van der Waals surface area contributed by atoms with Crippen molar-refractivity contribution in [1.29, 1.82) is 0 Å². The second-order valence-corrected chi connectivity index (χ2v) is 17.8. The molecule has 0 N–H and O–H groups in total. The Balaban J connectivity index is 1.64. The Hall–Kier alpha value is -1.76. The maximum atomic E-state index is 14.2. The summed E-state index contributed by atoms with van der Waals surface area (Å²) in [5.74, 6) is 0.475. The molecule has 5 rings (SSSR count). The second-order valence-electron chi connectivity index (χ2n) is 14.0. The summed E-state index contributed by atoms with van der Waals surface area (Å²) >= 11 is 0. The Morgan fingerprint density at radius 1 is 0.860 bits per heavy atom. The van der Waals surface area contributed by atoms with Crippen LogP contribution in [0.25, 0.3) is 11.3 Å². The van der Waals surface area contributed by atoms with Crippen LogP contribution in [0.15, 0.2) is 34.1 Å². The fourth-order valence-corrected chi connectivity index (χ4v) is 10.6. The van der Waals surface area contributed by atoms with Gasteiger partial charge in [-0.1, -0.05) is 46.1 Å². The van der Waals surface area contributed by atoms with Crippen LogP contribution in [0.3, 0.4) is 0 Å². The molecular formula is C32H49N3O6S2. The van der Waals surface area contributed by atoms with Gasteiger partial charge in [-0.15, -0.1) is 0 Å². The van der Waals surface area contributed by atoms with E-state index < -0.39 is 31.0 Å². The average Bonchev–Trinajstić information content (AvgIpc) is 3.29. The zero-order valence-electron chi connectivity index (χ0n) is 26.7. The van der Waals surface area contributed by atoms with Crippen molar-refractivity contribution < 1.29 is 26.3 Å². The van der Waals surface area contributed by atoms with Gasteiger partial charge in [-0.25, -0.2) is 16.8 Å². The van der Waals surface area contributed by atoms with Gasteiger partial charge in [0.05, 0.1) is 36.9 Å². The monoisotopic (exact) mass is 635 g/mol. The number of hydrogen-bond donors (Lipinski definition) is 0. The number of morpholine rings is 2. The summed E-state index contributed by atoms with van der Waals surface area (Å²) in [6, 6.07) is 7.36. The van der Waals surface area contributed by atoms with E-state index in [2.05, 4.69) is 4.57 Å². The highest BCUT2D eigenvalue weighted by atomic mass is 32.2. The van der Waals surface area contributed by atoms with Crippen LogP contribution in [0.5, 0.6) is 0 Å². The van der Waals surface area contributed by atoms with Crippen molar-refractivity contribution >= 4 is 20.0 Å². The van der Waals surface area contributed by atoms with Crippen LogP contribution in [0.1, 0.15) is 78.0 Å². The van der Waals surface area contributed by atoms with Crippen LogP contribution in [-0.2, 0) is 41.5 Å². The van der Waals surface area contributed by atoms with Crippen LogP contribution >= 0.6 is 0 Å². The number of sulfonamides is 2. The fraction of sp³-hybridized carbons (Fsp3) is 0.688. The van der Waals surface area contributed by atoms with E-state index in [0.29, 0.717) is 67.3 Å². The third-order valence-electron chi connectivity index (χ3n) is 9.29. The fourth-order valence-electron chi connectivity index (χ4n) is 6.82. The minimum atomic E-state index is -3.82. The topological polar surface area (TPSA) is 98.2 Å². The number of benzene rings is 1. The van der Waals surface area contributed by atoms with Gasteiger partial charge in [0.2, 0.25) is 20.0 Å². The van der Waals surface area contributed by atoms with Gasteiger partial charge in [-0.05, 0) is 74.3 Å². The minimum Gasteiger partial charge on any atom is -0.379 e. The van der Waals surface area contributed by atoms with Crippen LogP contribution in [0.4, 0.5) is 0 Å². The third-order valence-corrected chi connectivity index (χ3v) is 13.5. The molecule has 2 aromatic rings. The molecule has 0 unspecified atom stereocenters. The molecule has 43 heavy (non-hydrogen) atoms. The first kappa shape index (κ1) is 32.6. The third kappa shape index (κ3) is 6.49. The largest absolute Gasteiger partial charge is 0.379 e. The summed E-state index contributed by atoms with van der Waals surface area (Å²) in [6.07, 6.45) is 5.88. The molecule has 2 saturated heterocycles. The van der Waals surface area contributed by atoms with Gasteiger partial charge in [-0.3, -0.25) is 0 Å². The van der Waals surface area contributed by atoms with E-state index in [1.807, 2.05) is 59.7 Å². The molecule has 3 fully saturated rings. The van der Waals surface area contributed by atoms with Crippen molar-refractivity contribution in [2.45, 2.75) is 101 Å². The maximum absolute atomic E-state index is 14.2. The quantitative estimate of drug-likeness (QED) is 0.417. The van der Waals surface area contributed by atoms with Crippen molar-refractivity contribution in [1.82, 2.24) is 13.2 Å². The molecule has 11 heteroatoms. The molecule has 2 aliphatic heterocycles. The zero-order chi connectivity index (χ0) is 31.2. The molecule has 3 heterocycles. The van der Waals surface area contributed by atoms with Gasteiger partial charge in [0.15, 0.2) is 0 Å². The predicted molar refractivity (Wildman–Crippen MR) is 168 cm³/mol. The lowest BCUT2D eigenvalue weighted by molar-refractivity contribution is -0.00774. The molecular weight excluding hydrogens is 587 g/mol. The summed E-state index contributed by atoms with van der Waals surface area (Å²) in [5, 5.41) is 0. The smallest absolute Gasteiger partial charge is 0.245 e. The Kier molecular flexibility index (Phi) is 9.26. The van der Waals surface area contributed by atoms with Crippen LogP contribution in [0, 0.1) is 12.8 Å². The molecule has 0 atom stereocenters. The van der Waals surface area contributed by atoms with Crippen molar-refractivity contribution in [3.63, 3.8) is 0 Å². The van der Waals surface area contributed by atoms with Gasteiger partial charge >= 0.3 is 0 Å². The molecule has 1 aliphatic carbocycles. The number of rotatable bonds is 7. The van der Waals surface area contributed by atoms with Gasteiger partial charge < -0.3 is 14.0 Å². The molecule has 0 bridgehead atoms. The van der Waals surface area contributed by atoms with E-state index in [1.54, 1.807) is 10.4 Å². The van der Waals surface area contributed by atoms with Crippen molar-refractivity contribution in [3.05, 3.63) is 35.5 Å². The average molecular weight is 636 g/mol. The summed E-state index contributed by atoms with van der Waals surface area (Å²) in [7, 11) is -7.55. The SMILES string of the molecule is Cc1c(S(=O)(=O)N2CCOCC2)cc(-c2ccc(S(=O)(=O)N3CCOCC3(C)C)c(C(C)(C)C)c2)n1CC1CCCCC1. The number of aromatic nitrogens is 1. The van der Waals surface area contributed by atoms with Gasteiger partial charge in [-0.2, -0.15) is 8.61 Å². The Labute approximate surface area is 258 Å². The molecule has 3 aliphatic rings. The van der Waals surface area contributed by atoms with Gasteiger partial charge in [0.25, 0.3) is 0 Å². The lowest BCUT2D eigenvalue weighted by atomic mass is 9.85.